The number of hydrogen-bond donors (Lipinski definition) is 2. The van der Waals surface area contributed by atoms with Gasteiger partial charge in [-0.2, -0.15) is 17.4 Å². The van der Waals surface area contributed by atoms with Gasteiger partial charge in [0.05, 0.1) is 11.7 Å². The maximum Gasteiger partial charge on any atom is 0.426 e. The van der Waals surface area contributed by atoms with Gasteiger partial charge in [-0.25, -0.2) is 4.79 Å². The van der Waals surface area contributed by atoms with Crippen molar-refractivity contribution >= 4 is 22.0 Å². The molecular formula is C26H30N2O4S. The van der Waals surface area contributed by atoms with Crippen molar-refractivity contribution in [3.05, 3.63) is 101 Å². The lowest BCUT2D eigenvalue weighted by Crippen LogP contribution is -2.45. The van der Waals surface area contributed by atoms with Gasteiger partial charge >= 0.3 is 16.3 Å². The van der Waals surface area contributed by atoms with Crippen molar-refractivity contribution in [2.45, 2.75) is 45.6 Å². The number of nitrogens with zero attached hydrogens (tertiary/aromatic N) is 1. The first-order chi connectivity index (χ1) is 15.6. The molecule has 0 aromatic heterocycles. The molecule has 174 valence electrons. The zero-order chi connectivity index (χ0) is 24.2. The molecule has 0 aliphatic heterocycles. The maximum atomic E-state index is 13.5. The highest BCUT2D eigenvalue weighted by Crippen LogP contribution is 2.36. The van der Waals surface area contributed by atoms with Crippen molar-refractivity contribution in [1.29, 1.82) is 0 Å². The molecule has 0 aliphatic rings. The van der Waals surface area contributed by atoms with Crippen LogP contribution in [0.15, 0.2) is 78.9 Å². The molecule has 3 aromatic rings. The smallest absolute Gasteiger partial charge is 0.426 e. The lowest BCUT2D eigenvalue weighted by molar-refractivity contribution is 0.206. The third-order valence-corrected chi connectivity index (χ3v) is 6.89. The Morgan fingerprint density at radius 1 is 0.788 bits per heavy atom. The van der Waals surface area contributed by atoms with E-state index in [-0.39, 0.29) is 17.5 Å². The Kier molecular flexibility index (Phi) is 7.56. The van der Waals surface area contributed by atoms with E-state index < -0.39 is 22.3 Å². The van der Waals surface area contributed by atoms with Crippen molar-refractivity contribution in [1.82, 2.24) is 4.72 Å². The molecule has 1 unspecified atom stereocenters. The Morgan fingerprint density at radius 2 is 1.27 bits per heavy atom. The van der Waals surface area contributed by atoms with Crippen LogP contribution in [0.25, 0.3) is 0 Å². The van der Waals surface area contributed by atoms with E-state index in [1.54, 1.807) is 18.2 Å². The summed E-state index contributed by atoms with van der Waals surface area (Å²) in [5.41, 5.74) is 3.66. The van der Waals surface area contributed by atoms with Crippen molar-refractivity contribution in [2.75, 3.05) is 4.31 Å². The van der Waals surface area contributed by atoms with Gasteiger partial charge in [0.15, 0.2) is 0 Å². The topological polar surface area (TPSA) is 86.7 Å². The van der Waals surface area contributed by atoms with Gasteiger partial charge in [-0.05, 0) is 46.2 Å². The first-order valence-corrected chi connectivity index (χ1v) is 12.4. The Morgan fingerprint density at radius 3 is 1.73 bits per heavy atom. The second-order valence-corrected chi connectivity index (χ2v) is 10.1. The van der Waals surface area contributed by atoms with Crippen LogP contribution in [-0.2, 0) is 10.2 Å². The van der Waals surface area contributed by atoms with Crippen molar-refractivity contribution < 1.29 is 18.3 Å². The highest BCUT2D eigenvalue weighted by molar-refractivity contribution is 7.91. The van der Waals surface area contributed by atoms with Crippen LogP contribution in [0.5, 0.6) is 0 Å². The third kappa shape index (κ3) is 5.43. The van der Waals surface area contributed by atoms with Gasteiger partial charge < -0.3 is 5.11 Å². The molecule has 0 saturated carbocycles. The summed E-state index contributed by atoms with van der Waals surface area (Å²) in [5.74, 6) is 0.276. The Balaban J connectivity index is 2.22. The van der Waals surface area contributed by atoms with E-state index in [2.05, 4.69) is 32.4 Å². The molecule has 0 spiro atoms. The third-order valence-electron chi connectivity index (χ3n) is 5.51. The zero-order valence-electron chi connectivity index (χ0n) is 19.3. The summed E-state index contributed by atoms with van der Waals surface area (Å²) in [4.78, 5) is 12.1. The lowest BCUT2D eigenvalue weighted by Gasteiger charge is -2.29. The minimum Gasteiger partial charge on any atom is -0.464 e. The normalized spacial score (nSPS) is 12.7. The minimum atomic E-state index is -4.47. The summed E-state index contributed by atoms with van der Waals surface area (Å²) in [6, 6.07) is 22.3. The number of hydrogen-bond acceptors (Lipinski definition) is 3. The molecule has 0 heterocycles. The van der Waals surface area contributed by atoms with Crippen molar-refractivity contribution in [2.24, 2.45) is 0 Å². The average Bonchev–Trinajstić information content (AvgIpc) is 2.78. The highest BCUT2D eigenvalue weighted by atomic mass is 32.2. The highest BCUT2D eigenvalue weighted by Gasteiger charge is 2.34. The van der Waals surface area contributed by atoms with Gasteiger partial charge in [-0.3, -0.25) is 0 Å². The van der Waals surface area contributed by atoms with Crippen LogP contribution < -0.4 is 9.03 Å². The summed E-state index contributed by atoms with van der Waals surface area (Å²) in [5, 5.41) is 9.81. The fourth-order valence-electron chi connectivity index (χ4n) is 4.00. The molecular weight excluding hydrogens is 436 g/mol. The Hall–Kier alpha value is -3.16. The molecule has 1 amide bonds. The fraction of sp³-hybridized carbons (Fsp3) is 0.269. The summed E-state index contributed by atoms with van der Waals surface area (Å²) in [6.45, 7) is 8.25. The molecule has 6 nitrogen and oxygen atoms in total. The van der Waals surface area contributed by atoms with Crippen LogP contribution >= 0.6 is 0 Å². The number of benzene rings is 3. The molecule has 0 radical (unpaired) electrons. The summed E-state index contributed by atoms with van der Waals surface area (Å²) < 4.78 is 30.2. The van der Waals surface area contributed by atoms with E-state index in [1.807, 2.05) is 48.5 Å². The second-order valence-electron chi connectivity index (χ2n) is 8.51. The first kappa shape index (κ1) is 24.5. The molecule has 0 aliphatic carbocycles. The van der Waals surface area contributed by atoms with Gasteiger partial charge in [-0.15, -0.1) is 0 Å². The molecule has 1 atom stereocenters. The summed E-state index contributed by atoms with van der Waals surface area (Å²) >= 11 is 0. The standard InChI is InChI=1S/C26H30N2O4S/c1-18(2)22-16-11-17-23(19(3)4)24(22)25(20-12-7-5-8-13-20)27-33(31,32)28(26(29)30)21-14-9-6-10-15-21/h5-19,25,27H,1-4H3,(H,29,30). The number of nitrogens with one attached hydrogen (secondary N) is 1. The monoisotopic (exact) mass is 466 g/mol. The molecule has 3 rings (SSSR count). The number of carbonyl (C=O) groups is 1. The average molecular weight is 467 g/mol. The van der Waals surface area contributed by atoms with Crippen molar-refractivity contribution in [3.63, 3.8) is 0 Å². The largest absolute Gasteiger partial charge is 0.464 e. The van der Waals surface area contributed by atoms with E-state index >= 15 is 0 Å². The Bertz CT molecular complexity index is 1170. The van der Waals surface area contributed by atoms with Crippen LogP contribution in [0.1, 0.15) is 67.8 Å². The van der Waals surface area contributed by atoms with Gasteiger partial charge in [0.1, 0.15) is 0 Å². The molecule has 0 fully saturated rings. The Labute approximate surface area is 196 Å². The van der Waals surface area contributed by atoms with E-state index in [1.165, 1.54) is 12.1 Å². The van der Waals surface area contributed by atoms with Gasteiger partial charge in [-0.1, -0.05) is 94.4 Å². The van der Waals surface area contributed by atoms with Gasteiger partial charge in [0.25, 0.3) is 0 Å². The summed E-state index contributed by atoms with van der Waals surface area (Å²) in [7, 11) is -4.47. The van der Waals surface area contributed by atoms with Gasteiger partial charge in [0, 0.05) is 0 Å². The van der Waals surface area contributed by atoms with Crippen LogP contribution in [0, 0.1) is 0 Å². The number of amides is 1. The minimum absolute atomic E-state index is 0.0468. The molecule has 0 bridgehead atoms. The molecule has 33 heavy (non-hydrogen) atoms. The van der Waals surface area contributed by atoms with Crippen LogP contribution in [-0.4, -0.2) is 19.6 Å². The predicted molar refractivity (Wildman–Crippen MR) is 132 cm³/mol. The molecule has 3 aromatic carbocycles. The van der Waals surface area contributed by atoms with Crippen LogP contribution in [0.2, 0.25) is 0 Å². The zero-order valence-corrected chi connectivity index (χ0v) is 20.1. The second kappa shape index (κ2) is 10.2. The fourth-order valence-corrected chi connectivity index (χ4v) is 5.26. The van der Waals surface area contributed by atoms with Crippen LogP contribution in [0.4, 0.5) is 10.5 Å². The molecule has 7 heteroatoms. The van der Waals surface area contributed by atoms with E-state index in [9.17, 15) is 18.3 Å². The quantitative estimate of drug-likeness (QED) is 0.424. The van der Waals surface area contributed by atoms with E-state index in [0.717, 1.165) is 22.3 Å². The number of para-hydroxylation sites is 1. The summed E-state index contributed by atoms with van der Waals surface area (Å²) in [6.07, 6.45) is -1.58. The lowest BCUT2D eigenvalue weighted by atomic mass is 9.83. The maximum absolute atomic E-state index is 13.5. The number of anilines is 1. The predicted octanol–water partition coefficient (Wildman–Crippen LogP) is 6.04. The van der Waals surface area contributed by atoms with Gasteiger partial charge in [0.2, 0.25) is 0 Å². The molecule has 0 saturated heterocycles. The SMILES string of the molecule is CC(C)c1cccc(C(C)C)c1C(NS(=O)(=O)N(C(=O)O)c1ccccc1)c1ccccc1. The van der Waals surface area contributed by atoms with E-state index in [0.29, 0.717) is 4.31 Å². The number of carboxylic acid groups (broad SMARTS) is 1. The van der Waals surface area contributed by atoms with E-state index in [4.69, 9.17) is 0 Å². The number of rotatable bonds is 8. The first-order valence-electron chi connectivity index (χ1n) is 10.9. The van der Waals surface area contributed by atoms with Crippen molar-refractivity contribution in [3.8, 4) is 0 Å². The molecule has 2 N–H and O–H groups in total. The van der Waals surface area contributed by atoms with Crippen LogP contribution in [0.3, 0.4) is 0 Å².